The van der Waals surface area contributed by atoms with Crippen LogP contribution in [0, 0.1) is 6.92 Å². The van der Waals surface area contributed by atoms with Gasteiger partial charge in [-0.25, -0.2) is 8.42 Å². The first kappa shape index (κ1) is 20.4. The number of hydrogen-bond acceptors (Lipinski definition) is 4. The summed E-state index contributed by atoms with van der Waals surface area (Å²) >= 11 is 0. The van der Waals surface area contributed by atoms with Crippen molar-refractivity contribution in [2.75, 3.05) is 16.6 Å². The fourth-order valence-corrected chi connectivity index (χ4v) is 3.47. The summed E-state index contributed by atoms with van der Waals surface area (Å²) < 4.78 is 27.8. The summed E-state index contributed by atoms with van der Waals surface area (Å²) in [5.41, 5.74) is 1.94. The summed E-state index contributed by atoms with van der Waals surface area (Å²) in [5.74, 6) is -0.511. The summed E-state index contributed by atoms with van der Waals surface area (Å²) in [7, 11) is -3.86. The van der Waals surface area contributed by atoms with Gasteiger partial charge in [-0.05, 0) is 55.3 Å². The third-order valence-electron chi connectivity index (χ3n) is 3.76. The van der Waals surface area contributed by atoms with E-state index in [0.717, 1.165) is 6.42 Å². The van der Waals surface area contributed by atoms with Crippen LogP contribution in [-0.2, 0) is 14.8 Å². The molecule has 0 radical (unpaired) electrons. The van der Waals surface area contributed by atoms with Crippen molar-refractivity contribution in [2.45, 2.75) is 32.1 Å². The van der Waals surface area contributed by atoms with Crippen LogP contribution < -0.4 is 15.4 Å². The predicted molar refractivity (Wildman–Crippen MR) is 105 cm³/mol. The third kappa shape index (κ3) is 5.55. The first-order valence-corrected chi connectivity index (χ1v) is 10.0. The van der Waals surface area contributed by atoms with Gasteiger partial charge in [0.1, 0.15) is 0 Å². The van der Waals surface area contributed by atoms with Crippen LogP contribution in [0.25, 0.3) is 0 Å². The number of anilines is 2. The molecular formula is C19H23N3O4S. The number of sulfonamides is 1. The SMILES string of the molecule is CCCNC(=O)c1cc(S(=O)(=O)Nc2ccc(NC(C)=O)cc2)ccc1C. The van der Waals surface area contributed by atoms with E-state index in [1.54, 1.807) is 37.3 Å². The molecule has 27 heavy (non-hydrogen) atoms. The largest absolute Gasteiger partial charge is 0.352 e. The van der Waals surface area contributed by atoms with Crippen LogP contribution >= 0.6 is 0 Å². The Balaban J connectivity index is 2.23. The van der Waals surface area contributed by atoms with E-state index >= 15 is 0 Å². The van der Waals surface area contributed by atoms with Crippen LogP contribution in [0.15, 0.2) is 47.4 Å². The first-order chi connectivity index (χ1) is 12.7. The topological polar surface area (TPSA) is 104 Å². The Morgan fingerprint density at radius 2 is 1.63 bits per heavy atom. The lowest BCUT2D eigenvalue weighted by atomic mass is 10.1. The van der Waals surface area contributed by atoms with Crippen molar-refractivity contribution >= 4 is 33.2 Å². The molecule has 144 valence electrons. The second-order valence-electron chi connectivity index (χ2n) is 6.10. The minimum Gasteiger partial charge on any atom is -0.352 e. The molecule has 8 heteroatoms. The zero-order chi connectivity index (χ0) is 20.0. The van der Waals surface area contributed by atoms with Crippen molar-refractivity contribution in [1.82, 2.24) is 5.32 Å². The summed E-state index contributed by atoms with van der Waals surface area (Å²) in [6.45, 7) is 5.61. The zero-order valence-electron chi connectivity index (χ0n) is 15.5. The van der Waals surface area contributed by atoms with E-state index in [9.17, 15) is 18.0 Å². The van der Waals surface area contributed by atoms with E-state index in [-0.39, 0.29) is 16.7 Å². The first-order valence-electron chi connectivity index (χ1n) is 8.52. The summed E-state index contributed by atoms with van der Waals surface area (Å²) in [4.78, 5) is 23.3. The third-order valence-corrected chi connectivity index (χ3v) is 5.14. The quantitative estimate of drug-likeness (QED) is 0.677. The maximum atomic E-state index is 12.7. The molecule has 2 aromatic carbocycles. The maximum Gasteiger partial charge on any atom is 0.261 e. The van der Waals surface area contributed by atoms with Gasteiger partial charge in [0.15, 0.2) is 0 Å². The Bertz CT molecular complexity index is 938. The summed E-state index contributed by atoms with van der Waals surface area (Å²) in [6.07, 6.45) is 0.790. The lowest BCUT2D eigenvalue weighted by Crippen LogP contribution is -2.25. The lowest BCUT2D eigenvalue weighted by molar-refractivity contribution is -0.114. The molecule has 0 heterocycles. The molecular weight excluding hydrogens is 366 g/mol. The van der Waals surface area contributed by atoms with Crippen LogP contribution in [0.5, 0.6) is 0 Å². The lowest BCUT2D eigenvalue weighted by Gasteiger charge is -2.12. The number of benzene rings is 2. The molecule has 0 spiro atoms. The van der Waals surface area contributed by atoms with Gasteiger partial charge in [0.2, 0.25) is 5.91 Å². The monoisotopic (exact) mass is 389 g/mol. The van der Waals surface area contributed by atoms with E-state index < -0.39 is 10.0 Å². The molecule has 7 nitrogen and oxygen atoms in total. The highest BCUT2D eigenvalue weighted by molar-refractivity contribution is 7.92. The molecule has 0 atom stereocenters. The Kier molecular flexibility index (Phi) is 6.57. The van der Waals surface area contributed by atoms with Crippen LogP contribution in [0.4, 0.5) is 11.4 Å². The Morgan fingerprint density at radius 1 is 1.00 bits per heavy atom. The summed E-state index contributed by atoms with van der Waals surface area (Å²) in [6, 6.07) is 10.7. The summed E-state index contributed by atoms with van der Waals surface area (Å²) in [5, 5.41) is 5.36. The van der Waals surface area contributed by atoms with Crippen molar-refractivity contribution in [3.8, 4) is 0 Å². The second kappa shape index (κ2) is 8.68. The van der Waals surface area contributed by atoms with Crippen molar-refractivity contribution in [3.63, 3.8) is 0 Å². The molecule has 2 rings (SSSR count). The molecule has 2 amide bonds. The van der Waals surface area contributed by atoms with E-state index in [4.69, 9.17) is 0 Å². The fraction of sp³-hybridized carbons (Fsp3) is 0.263. The van der Waals surface area contributed by atoms with Crippen LogP contribution in [0.3, 0.4) is 0 Å². The number of aryl methyl sites for hydroxylation is 1. The van der Waals surface area contributed by atoms with Crippen molar-refractivity contribution in [2.24, 2.45) is 0 Å². The van der Waals surface area contributed by atoms with Crippen LogP contribution in [-0.4, -0.2) is 26.8 Å². The molecule has 0 bridgehead atoms. The predicted octanol–water partition coefficient (Wildman–Crippen LogP) is 2.89. The molecule has 0 unspecified atom stereocenters. The number of carbonyl (C=O) groups excluding carboxylic acids is 2. The average Bonchev–Trinajstić information content (AvgIpc) is 2.61. The molecule has 0 saturated carbocycles. The molecule has 0 fully saturated rings. The van der Waals surface area contributed by atoms with Gasteiger partial charge in [-0.1, -0.05) is 13.0 Å². The molecule has 2 aromatic rings. The van der Waals surface area contributed by atoms with Gasteiger partial charge in [-0.3, -0.25) is 14.3 Å². The zero-order valence-corrected chi connectivity index (χ0v) is 16.3. The van der Waals surface area contributed by atoms with Crippen molar-refractivity contribution in [1.29, 1.82) is 0 Å². The Morgan fingerprint density at radius 3 is 2.22 bits per heavy atom. The van der Waals surface area contributed by atoms with E-state index in [1.165, 1.54) is 19.1 Å². The van der Waals surface area contributed by atoms with E-state index in [2.05, 4.69) is 15.4 Å². The highest BCUT2D eigenvalue weighted by Gasteiger charge is 2.18. The molecule has 3 N–H and O–H groups in total. The molecule has 0 saturated heterocycles. The minimum absolute atomic E-state index is 0.000635. The number of nitrogens with one attached hydrogen (secondary N) is 3. The van der Waals surface area contributed by atoms with Crippen LogP contribution in [0.2, 0.25) is 0 Å². The highest BCUT2D eigenvalue weighted by Crippen LogP contribution is 2.21. The van der Waals surface area contributed by atoms with Gasteiger partial charge in [-0.2, -0.15) is 0 Å². The molecule has 0 aromatic heterocycles. The Labute approximate surface area is 159 Å². The molecule has 0 aliphatic heterocycles. The normalized spacial score (nSPS) is 10.9. The van der Waals surface area contributed by atoms with Gasteiger partial charge in [-0.15, -0.1) is 0 Å². The Hall–Kier alpha value is -2.87. The number of rotatable bonds is 7. The van der Waals surface area contributed by atoms with Crippen molar-refractivity contribution in [3.05, 3.63) is 53.6 Å². The second-order valence-corrected chi connectivity index (χ2v) is 7.78. The molecule has 0 aliphatic rings. The van der Waals surface area contributed by atoms with Gasteiger partial charge in [0, 0.05) is 30.4 Å². The average molecular weight is 389 g/mol. The minimum atomic E-state index is -3.86. The number of amides is 2. The highest BCUT2D eigenvalue weighted by atomic mass is 32.2. The fourth-order valence-electron chi connectivity index (χ4n) is 2.39. The van der Waals surface area contributed by atoms with E-state index in [1.807, 2.05) is 6.92 Å². The van der Waals surface area contributed by atoms with Gasteiger partial charge < -0.3 is 10.6 Å². The van der Waals surface area contributed by atoms with Gasteiger partial charge in [0.05, 0.1) is 4.90 Å². The van der Waals surface area contributed by atoms with Crippen molar-refractivity contribution < 1.29 is 18.0 Å². The number of hydrogen-bond donors (Lipinski definition) is 3. The maximum absolute atomic E-state index is 12.7. The van der Waals surface area contributed by atoms with E-state index in [0.29, 0.717) is 29.0 Å². The van der Waals surface area contributed by atoms with Crippen LogP contribution in [0.1, 0.15) is 36.2 Å². The smallest absolute Gasteiger partial charge is 0.261 e. The van der Waals surface area contributed by atoms with Gasteiger partial charge in [0.25, 0.3) is 15.9 Å². The number of carbonyl (C=O) groups is 2. The standard InChI is InChI=1S/C19H23N3O4S/c1-4-11-20-19(24)18-12-17(10-5-13(18)2)27(25,26)22-16-8-6-15(7-9-16)21-14(3)23/h5-10,12,22H,4,11H2,1-3H3,(H,20,24)(H,21,23). The van der Waals surface area contributed by atoms with Gasteiger partial charge >= 0.3 is 0 Å². The molecule has 0 aliphatic carbocycles.